The fourth-order valence-corrected chi connectivity index (χ4v) is 1.96. The zero-order chi connectivity index (χ0) is 15.1. The van der Waals surface area contributed by atoms with Gasteiger partial charge in [-0.2, -0.15) is 0 Å². The molecule has 2 rings (SSSR count). The molecule has 3 N–H and O–H groups in total. The highest BCUT2D eigenvalue weighted by Crippen LogP contribution is 2.08. The zero-order valence-corrected chi connectivity index (χ0v) is 11.7. The summed E-state index contributed by atoms with van der Waals surface area (Å²) in [6.45, 7) is 1.54. The molecule has 1 heterocycles. The summed E-state index contributed by atoms with van der Waals surface area (Å²) in [6, 6.07) is 9.71. The third kappa shape index (κ3) is 4.25. The number of aromatic nitrogens is 2. The zero-order valence-electron chi connectivity index (χ0n) is 11.7. The Bertz CT molecular complexity index is 619. The fraction of sp³-hybridized carbons (Fsp3) is 0.267. The number of nitrogens with two attached hydrogens (primary N) is 1. The molecule has 0 aliphatic carbocycles. The molecule has 21 heavy (non-hydrogen) atoms. The number of hydrogen-bond acceptors (Lipinski definition) is 4. The van der Waals surface area contributed by atoms with Crippen molar-refractivity contribution in [3.8, 4) is 0 Å². The predicted octanol–water partition coefficient (Wildman–Crippen LogP) is 0.761. The topological polar surface area (TPSA) is 92.1 Å². The van der Waals surface area contributed by atoms with Crippen molar-refractivity contribution in [2.75, 3.05) is 13.1 Å². The molecule has 0 saturated heterocycles. The normalized spacial score (nSPS) is 10.3. The number of aromatic amines is 1. The molecule has 0 atom stereocenters. The SMILES string of the molecule is NCCCN(Cc1ccccc1)C(=O)c1c[nH]c(=O)cn1. The van der Waals surface area contributed by atoms with E-state index >= 15 is 0 Å². The monoisotopic (exact) mass is 286 g/mol. The Labute approximate surface area is 122 Å². The average Bonchev–Trinajstić information content (AvgIpc) is 2.52. The molecule has 6 nitrogen and oxygen atoms in total. The summed E-state index contributed by atoms with van der Waals surface area (Å²) in [7, 11) is 0. The molecule has 1 aromatic carbocycles. The number of amides is 1. The third-order valence-corrected chi connectivity index (χ3v) is 3.03. The van der Waals surface area contributed by atoms with E-state index in [-0.39, 0.29) is 17.2 Å². The number of nitrogens with zero attached hydrogens (tertiary/aromatic N) is 2. The number of benzene rings is 1. The van der Waals surface area contributed by atoms with Gasteiger partial charge in [0, 0.05) is 19.3 Å². The van der Waals surface area contributed by atoms with E-state index in [1.54, 1.807) is 4.90 Å². The van der Waals surface area contributed by atoms with Crippen molar-refractivity contribution in [2.24, 2.45) is 5.73 Å². The summed E-state index contributed by atoms with van der Waals surface area (Å²) < 4.78 is 0. The van der Waals surface area contributed by atoms with E-state index in [9.17, 15) is 9.59 Å². The molecule has 1 amide bonds. The Hall–Kier alpha value is -2.47. The highest BCUT2D eigenvalue weighted by molar-refractivity contribution is 5.91. The second kappa shape index (κ2) is 7.35. The molecule has 0 saturated carbocycles. The van der Waals surface area contributed by atoms with Crippen molar-refractivity contribution < 1.29 is 4.79 Å². The molecule has 2 aromatic rings. The van der Waals surface area contributed by atoms with Crippen LogP contribution in [-0.4, -0.2) is 33.9 Å². The van der Waals surface area contributed by atoms with Gasteiger partial charge in [-0.1, -0.05) is 30.3 Å². The van der Waals surface area contributed by atoms with E-state index in [1.165, 1.54) is 6.20 Å². The van der Waals surface area contributed by atoms with Crippen LogP contribution in [0.2, 0.25) is 0 Å². The van der Waals surface area contributed by atoms with Crippen LogP contribution in [0.4, 0.5) is 0 Å². The summed E-state index contributed by atoms with van der Waals surface area (Å²) in [5, 5.41) is 0. The number of nitrogens with one attached hydrogen (secondary N) is 1. The number of hydrogen-bond donors (Lipinski definition) is 2. The number of carbonyl (C=O) groups excluding carboxylic acids is 1. The summed E-state index contributed by atoms with van der Waals surface area (Å²) in [5.41, 5.74) is 6.46. The summed E-state index contributed by atoms with van der Waals surface area (Å²) in [5.74, 6) is -0.219. The van der Waals surface area contributed by atoms with Gasteiger partial charge in [-0.15, -0.1) is 0 Å². The van der Waals surface area contributed by atoms with Gasteiger partial charge in [-0.25, -0.2) is 4.98 Å². The molecular formula is C15H18N4O2. The van der Waals surface area contributed by atoms with Crippen molar-refractivity contribution in [1.82, 2.24) is 14.9 Å². The molecule has 110 valence electrons. The van der Waals surface area contributed by atoms with Gasteiger partial charge in [0.1, 0.15) is 5.69 Å². The van der Waals surface area contributed by atoms with Crippen LogP contribution in [-0.2, 0) is 6.54 Å². The van der Waals surface area contributed by atoms with E-state index < -0.39 is 0 Å². The van der Waals surface area contributed by atoms with E-state index in [0.29, 0.717) is 26.1 Å². The van der Waals surface area contributed by atoms with Crippen molar-refractivity contribution in [2.45, 2.75) is 13.0 Å². The second-order valence-corrected chi connectivity index (χ2v) is 4.65. The molecule has 0 radical (unpaired) electrons. The van der Waals surface area contributed by atoms with Gasteiger partial charge in [0.15, 0.2) is 0 Å². The van der Waals surface area contributed by atoms with Gasteiger partial charge >= 0.3 is 0 Å². The molecule has 0 unspecified atom stereocenters. The van der Waals surface area contributed by atoms with Crippen LogP contribution < -0.4 is 11.3 Å². The Morgan fingerprint density at radius 3 is 2.67 bits per heavy atom. The van der Waals surface area contributed by atoms with E-state index in [2.05, 4.69) is 9.97 Å². The number of carbonyl (C=O) groups is 1. The first-order chi connectivity index (χ1) is 10.2. The van der Waals surface area contributed by atoms with Crippen molar-refractivity contribution in [3.63, 3.8) is 0 Å². The Kier molecular flexibility index (Phi) is 5.22. The third-order valence-electron chi connectivity index (χ3n) is 3.03. The van der Waals surface area contributed by atoms with E-state index in [0.717, 1.165) is 11.8 Å². The minimum atomic E-state index is -0.330. The lowest BCUT2D eigenvalue weighted by atomic mass is 10.2. The van der Waals surface area contributed by atoms with Crippen LogP contribution in [0.3, 0.4) is 0 Å². The lowest BCUT2D eigenvalue weighted by molar-refractivity contribution is 0.0735. The minimum absolute atomic E-state index is 0.219. The first kappa shape index (κ1) is 14.9. The van der Waals surface area contributed by atoms with Crippen molar-refractivity contribution >= 4 is 5.91 Å². The average molecular weight is 286 g/mol. The van der Waals surface area contributed by atoms with Gasteiger partial charge in [0.2, 0.25) is 0 Å². The summed E-state index contributed by atoms with van der Waals surface area (Å²) in [6.07, 6.45) is 3.16. The standard InChI is InChI=1S/C15H18N4O2/c16-7-4-8-19(11-12-5-2-1-3-6-12)15(21)13-9-18-14(20)10-17-13/h1-3,5-6,9-10H,4,7-8,11,16H2,(H,18,20). The van der Waals surface area contributed by atoms with Gasteiger partial charge < -0.3 is 15.6 Å². The predicted molar refractivity (Wildman–Crippen MR) is 79.7 cm³/mol. The molecule has 6 heteroatoms. The van der Waals surface area contributed by atoms with Crippen LogP contribution in [0, 0.1) is 0 Å². The summed E-state index contributed by atoms with van der Waals surface area (Å²) >= 11 is 0. The van der Waals surface area contributed by atoms with Crippen LogP contribution in [0.5, 0.6) is 0 Å². The van der Waals surface area contributed by atoms with Crippen molar-refractivity contribution in [1.29, 1.82) is 0 Å². The molecular weight excluding hydrogens is 268 g/mol. The lowest BCUT2D eigenvalue weighted by Gasteiger charge is -2.22. The van der Waals surface area contributed by atoms with E-state index in [4.69, 9.17) is 5.73 Å². The lowest BCUT2D eigenvalue weighted by Crippen LogP contribution is -2.33. The molecule has 1 aromatic heterocycles. The Morgan fingerprint density at radius 1 is 1.29 bits per heavy atom. The van der Waals surface area contributed by atoms with Crippen LogP contribution in [0.1, 0.15) is 22.5 Å². The maximum Gasteiger partial charge on any atom is 0.274 e. The maximum absolute atomic E-state index is 12.5. The highest BCUT2D eigenvalue weighted by atomic mass is 16.2. The van der Waals surface area contributed by atoms with Gasteiger partial charge in [0.05, 0.1) is 6.20 Å². The molecule has 0 aliphatic rings. The maximum atomic E-state index is 12.5. The van der Waals surface area contributed by atoms with Gasteiger partial charge in [0.25, 0.3) is 11.5 Å². The van der Waals surface area contributed by atoms with Crippen LogP contribution >= 0.6 is 0 Å². The quantitative estimate of drug-likeness (QED) is 0.820. The molecule has 0 fully saturated rings. The first-order valence-corrected chi connectivity index (χ1v) is 6.78. The number of H-pyrrole nitrogens is 1. The Balaban J connectivity index is 2.16. The van der Waals surface area contributed by atoms with Crippen molar-refractivity contribution in [3.05, 3.63) is 64.3 Å². The second-order valence-electron chi connectivity index (χ2n) is 4.65. The Morgan fingerprint density at radius 2 is 2.05 bits per heavy atom. The van der Waals surface area contributed by atoms with Gasteiger partial charge in [-0.3, -0.25) is 9.59 Å². The summed E-state index contributed by atoms with van der Waals surface area (Å²) in [4.78, 5) is 31.5. The first-order valence-electron chi connectivity index (χ1n) is 6.78. The molecule has 0 spiro atoms. The van der Waals surface area contributed by atoms with E-state index in [1.807, 2.05) is 30.3 Å². The molecule has 0 aliphatic heterocycles. The minimum Gasteiger partial charge on any atom is -0.333 e. The smallest absolute Gasteiger partial charge is 0.274 e. The van der Waals surface area contributed by atoms with Crippen LogP contribution in [0.15, 0.2) is 47.5 Å². The largest absolute Gasteiger partial charge is 0.333 e. The number of rotatable bonds is 6. The fourth-order valence-electron chi connectivity index (χ4n) is 1.96. The van der Waals surface area contributed by atoms with Crippen LogP contribution in [0.25, 0.3) is 0 Å². The highest BCUT2D eigenvalue weighted by Gasteiger charge is 2.17. The molecule has 0 bridgehead atoms. The van der Waals surface area contributed by atoms with Gasteiger partial charge in [-0.05, 0) is 18.5 Å².